The first-order valence-corrected chi connectivity index (χ1v) is 2.76. The van der Waals surface area contributed by atoms with Gasteiger partial charge >= 0.3 is 18.1 Å². The van der Waals surface area contributed by atoms with Gasteiger partial charge in [0.2, 0.25) is 0 Å². The van der Waals surface area contributed by atoms with E-state index >= 15 is 0 Å². The van der Waals surface area contributed by atoms with Crippen molar-refractivity contribution in [2.75, 3.05) is 7.11 Å². The number of aliphatic carboxylic acids is 1. The third-order valence-electron chi connectivity index (χ3n) is 0.591. The van der Waals surface area contributed by atoms with Gasteiger partial charge in [0.15, 0.2) is 0 Å². The SMILES string of the molecule is C=CC(=O)O.COC(=O)C(F)(F)F. The number of esters is 1. The molecular weight excluding hydrogens is 193 g/mol. The summed E-state index contributed by atoms with van der Waals surface area (Å²) < 4.78 is 36.3. The molecule has 0 fully saturated rings. The number of ether oxygens (including phenoxy) is 1. The normalized spacial score (nSPS) is 9.23. The Bertz CT molecular complexity index is 197. The van der Waals surface area contributed by atoms with Crippen LogP contribution < -0.4 is 0 Å². The van der Waals surface area contributed by atoms with Gasteiger partial charge < -0.3 is 9.84 Å². The summed E-state index contributed by atoms with van der Waals surface area (Å²) in [5, 5.41) is 7.60. The van der Waals surface area contributed by atoms with E-state index in [0.717, 1.165) is 6.08 Å². The Labute approximate surface area is 71.6 Å². The molecule has 4 nitrogen and oxygen atoms in total. The molecule has 0 saturated heterocycles. The summed E-state index contributed by atoms with van der Waals surface area (Å²) in [6.45, 7) is 2.96. The monoisotopic (exact) mass is 200 g/mol. The average Bonchev–Trinajstić information content (AvgIpc) is 2.02. The van der Waals surface area contributed by atoms with Crippen molar-refractivity contribution < 1.29 is 32.6 Å². The summed E-state index contributed by atoms with van der Waals surface area (Å²) in [7, 11) is 0.676. The lowest BCUT2D eigenvalue weighted by atomic mass is 10.7. The minimum absolute atomic E-state index is 0.676. The summed E-state index contributed by atoms with van der Waals surface area (Å²) in [5.41, 5.74) is 0. The molecule has 0 aliphatic carbocycles. The second-order valence-electron chi connectivity index (χ2n) is 1.53. The number of carbonyl (C=O) groups excluding carboxylic acids is 1. The molecule has 0 rings (SSSR count). The Morgan fingerprint density at radius 1 is 1.46 bits per heavy atom. The van der Waals surface area contributed by atoms with Gasteiger partial charge in [-0.1, -0.05) is 6.58 Å². The Morgan fingerprint density at radius 3 is 1.77 bits per heavy atom. The molecule has 7 heteroatoms. The van der Waals surface area contributed by atoms with Gasteiger partial charge in [-0.15, -0.1) is 0 Å². The lowest BCUT2D eigenvalue weighted by Gasteiger charge is -1.99. The van der Waals surface area contributed by atoms with Crippen molar-refractivity contribution >= 4 is 11.9 Å². The summed E-state index contributed by atoms with van der Waals surface area (Å²) in [6.07, 6.45) is -4.02. The van der Waals surface area contributed by atoms with Gasteiger partial charge in [0.1, 0.15) is 0 Å². The van der Waals surface area contributed by atoms with Gasteiger partial charge in [0.25, 0.3) is 0 Å². The fraction of sp³-hybridized carbons (Fsp3) is 0.333. The van der Waals surface area contributed by atoms with Crippen LogP contribution in [0.15, 0.2) is 12.7 Å². The molecule has 0 aliphatic rings. The van der Waals surface area contributed by atoms with Crippen molar-refractivity contribution in [3.05, 3.63) is 12.7 Å². The van der Waals surface area contributed by atoms with Gasteiger partial charge in [-0.05, 0) is 0 Å². The zero-order valence-corrected chi connectivity index (χ0v) is 6.59. The standard InChI is InChI=1S/C3H3F3O2.C3H4O2/c1-8-2(7)3(4,5)6;1-2-3(4)5/h1H3;2H,1H2,(H,4,5). The Kier molecular flexibility index (Phi) is 6.51. The molecular formula is C6H7F3O4. The lowest BCUT2D eigenvalue weighted by molar-refractivity contribution is -0.196. The van der Waals surface area contributed by atoms with Crippen molar-refractivity contribution in [3.8, 4) is 0 Å². The van der Waals surface area contributed by atoms with Crippen molar-refractivity contribution in [2.45, 2.75) is 6.18 Å². The molecule has 0 aromatic heterocycles. The van der Waals surface area contributed by atoms with Gasteiger partial charge in [0, 0.05) is 6.08 Å². The number of halogens is 3. The van der Waals surface area contributed by atoms with Crippen LogP contribution in [0, 0.1) is 0 Å². The van der Waals surface area contributed by atoms with Crippen LogP contribution in [0.25, 0.3) is 0 Å². The largest absolute Gasteiger partial charge is 0.490 e. The topological polar surface area (TPSA) is 63.6 Å². The average molecular weight is 200 g/mol. The Balaban J connectivity index is 0. The molecule has 0 aromatic rings. The molecule has 13 heavy (non-hydrogen) atoms. The predicted octanol–water partition coefficient (Wildman–Crippen LogP) is 0.979. The minimum atomic E-state index is -4.85. The molecule has 0 spiro atoms. The molecule has 0 aliphatic heterocycles. The van der Waals surface area contributed by atoms with Crippen LogP contribution in [0.2, 0.25) is 0 Å². The summed E-state index contributed by atoms with van der Waals surface area (Å²) in [6, 6.07) is 0. The molecule has 0 saturated carbocycles. The van der Waals surface area contributed by atoms with Crippen LogP contribution in [0.4, 0.5) is 13.2 Å². The number of rotatable bonds is 1. The minimum Gasteiger partial charge on any atom is -0.478 e. The third-order valence-corrected chi connectivity index (χ3v) is 0.591. The number of carbonyl (C=O) groups is 2. The van der Waals surface area contributed by atoms with Crippen LogP contribution in [0.3, 0.4) is 0 Å². The molecule has 0 unspecified atom stereocenters. The Hall–Kier alpha value is -1.53. The third kappa shape index (κ3) is 10.5. The summed E-state index contributed by atoms with van der Waals surface area (Å²) in [5.74, 6) is -3.15. The van der Waals surface area contributed by atoms with Crippen molar-refractivity contribution in [1.82, 2.24) is 0 Å². The maximum Gasteiger partial charge on any atom is 0.490 e. The highest BCUT2D eigenvalue weighted by molar-refractivity contribution is 5.78. The van der Waals surface area contributed by atoms with Crippen LogP contribution in [-0.4, -0.2) is 30.3 Å². The van der Waals surface area contributed by atoms with E-state index in [1.165, 1.54) is 0 Å². The molecule has 0 amide bonds. The molecule has 76 valence electrons. The van der Waals surface area contributed by atoms with E-state index in [1.807, 2.05) is 0 Å². The molecule has 0 heterocycles. The molecule has 0 bridgehead atoms. The number of carboxylic acids is 1. The van der Waals surface area contributed by atoms with Crippen molar-refractivity contribution in [2.24, 2.45) is 0 Å². The van der Waals surface area contributed by atoms with E-state index in [0.29, 0.717) is 7.11 Å². The van der Waals surface area contributed by atoms with E-state index in [-0.39, 0.29) is 0 Å². The van der Waals surface area contributed by atoms with Crippen LogP contribution >= 0.6 is 0 Å². The highest BCUT2D eigenvalue weighted by atomic mass is 19.4. The van der Waals surface area contributed by atoms with Gasteiger partial charge in [-0.2, -0.15) is 13.2 Å². The maximum absolute atomic E-state index is 11.0. The number of hydrogen-bond acceptors (Lipinski definition) is 3. The number of hydrogen-bond donors (Lipinski definition) is 1. The van der Waals surface area contributed by atoms with Gasteiger partial charge in [-0.25, -0.2) is 9.59 Å². The van der Waals surface area contributed by atoms with Crippen LogP contribution in [0.1, 0.15) is 0 Å². The first-order chi connectivity index (χ1) is 5.75. The fourth-order valence-electron chi connectivity index (χ4n) is 0.116. The van der Waals surface area contributed by atoms with Gasteiger partial charge in [-0.3, -0.25) is 0 Å². The van der Waals surface area contributed by atoms with E-state index in [2.05, 4.69) is 11.3 Å². The van der Waals surface area contributed by atoms with Crippen LogP contribution in [-0.2, 0) is 14.3 Å². The highest BCUT2D eigenvalue weighted by Gasteiger charge is 2.39. The zero-order chi connectivity index (χ0) is 11.1. The first kappa shape index (κ1) is 14.0. The number of alkyl halides is 3. The lowest BCUT2D eigenvalue weighted by Crippen LogP contribution is -2.23. The second kappa shape index (κ2) is 6.04. The fourth-order valence-corrected chi connectivity index (χ4v) is 0.116. The zero-order valence-electron chi connectivity index (χ0n) is 6.59. The molecule has 0 aromatic carbocycles. The van der Waals surface area contributed by atoms with E-state index in [1.54, 1.807) is 0 Å². The Morgan fingerprint density at radius 2 is 1.77 bits per heavy atom. The van der Waals surface area contributed by atoms with E-state index in [9.17, 15) is 22.8 Å². The highest BCUT2D eigenvalue weighted by Crippen LogP contribution is 2.15. The summed E-state index contributed by atoms with van der Waals surface area (Å²) >= 11 is 0. The molecule has 0 atom stereocenters. The maximum atomic E-state index is 11.0. The van der Waals surface area contributed by atoms with Crippen molar-refractivity contribution in [3.63, 3.8) is 0 Å². The number of methoxy groups -OCH3 is 1. The second-order valence-corrected chi connectivity index (χ2v) is 1.53. The predicted molar refractivity (Wildman–Crippen MR) is 35.9 cm³/mol. The van der Waals surface area contributed by atoms with Crippen molar-refractivity contribution in [1.29, 1.82) is 0 Å². The smallest absolute Gasteiger partial charge is 0.478 e. The first-order valence-electron chi connectivity index (χ1n) is 2.76. The number of carboxylic acid groups (broad SMARTS) is 1. The van der Waals surface area contributed by atoms with Gasteiger partial charge in [0.05, 0.1) is 7.11 Å². The molecule has 0 radical (unpaired) electrons. The van der Waals surface area contributed by atoms with E-state index in [4.69, 9.17) is 5.11 Å². The molecule has 1 N–H and O–H groups in total. The quantitative estimate of drug-likeness (QED) is 0.506. The summed E-state index contributed by atoms with van der Waals surface area (Å²) in [4.78, 5) is 18.7. The van der Waals surface area contributed by atoms with E-state index < -0.39 is 18.1 Å². The van der Waals surface area contributed by atoms with Crippen LogP contribution in [0.5, 0.6) is 0 Å².